The number of esters is 1. The maximum atomic E-state index is 13.1. The highest BCUT2D eigenvalue weighted by atomic mass is 16.5. The highest BCUT2D eigenvalue weighted by Gasteiger charge is 2.38. The van der Waals surface area contributed by atoms with Crippen LogP contribution in [0.4, 0.5) is 0 Å². The Labute approximate surface area is 174 Å². The quantitative estimate of drug-likeness (QED) is 0.563. The number of piperidine rings is 1. The molecule has 1 fully saturated rings. The molecule has 0 spiro atoms. The first kappa shape index (κ1) is 19.8. The second-order valence-corrected chi connectivity index (χ2v) is 7.41. The highest BCUT2D eigenvalue weighted by Crippen LogP contribution is 2.25. The van der Waals surface area contributed by atoms with Gasteiger partial charge in [-0.05, 0) is 31.4 Å². The van der Waals surface area contributed by atoms with Crippen molar-refractivity contribution in [1.29, 1.82) is 0 Å². The Morgan fingerprint density at radius 1 is 0.833 bits per heavy atom. The third kappa shape index (κ3) is 3.83. The number of likely N-dealkylation sites (tertiary alicyclic amines) is 1. The maximum Gasteiger partial charge on any atom is 0.327 e. The van der Waals surface area contributed by atoms with E-state index in [9.17, 15) is 19.2 Å². The molecule has 154 valence electrons. The van der Waals surface area contributed by atoms with Crippen LogP contribution in [0.15, 0.2) is 54.6 Å². The largest absolute Gasteiger partial charge is 0.446 e. The summed E-state index contributed by atoms with van der Waals surface area (Å²) in [6.45, 7) is 0.708. The SMILES string of the molecule is O=C(CN1C(=O)c2ccccc2C1=O)O[C@@H](C(=O)N1CCCCC1)c1ccccc1. The normalized spacial score (nSPS) is 16.9. The van der Waals surface area contributed by atoms with Crippen molar-refractivity contribution >= 4 is 23.7 Å². The van der Waals surface area contributed by atoms with Crippen LogP contribution in [0.25, 0.3) is 0 Å². The summed E-state index contributed by atoms with van der Waals surface area (Å²) < 4.78 is 5.53. The summed E-state index contributed by atoms with van der Waals surface area (Å²) in [4.78, 5) is 53.3. The van der Waals surface area contributed by atoms with Gasteiger partial charge in [-0.1, -0.05) is 42.5 Å². The Morgan fingerprint density at radius 2 is 1.40 bits per heavy atom. The average molecular weight is 406 g/mol. The van der Waals surface area contributed by atoms with E-state index in [1.807, 2.05) is 6.07 Å². The lowest BCUT2D eigenvalue weighted by Gasteiger charge is -2.30. The maximum absolute atomic E-state index is 13.1. The van der Waals surface area contributed by atoms with Crippen LogP contribution in [0.3, 0.4) is 0 Å². The summed E-state index contributed by atoms with van der Waals surface area (Å²) in [6, 6.07) is 15.2. The molecule has 0 aliphatic carbocycles. The monoisotopic (exact) mass is 406 g/mol. The molecule has 2 heterocycles. The molecular weight excluding hydrogens is 384 g/mol. The van der Waals surface area contributed by atoms with Gasteiger partial charge < -0.3 is 9.64 Å². The molecule has 2 aromatic rings. The first-order chi connectivity index (χ1) is 14.6. The number of benzene rings is 2. The van der Waals surface area contributed by atoms with E-state index in [2.05, 4.69) is 0 Å². The van der Waals surface area contributed by atoms with Crippen LogP contribution in [0.2, 0.25) is 0 Å². The zero-order chi connectivity index (χ0) is 21.1. The van der Waals surface area contributed by atoms with E-state index in [0.717, 1.165) is 24.2 Å². The van der Waals surface area contributed by atoms with E-state index in [-0.39, 0.29) is 17.0 Å². The van der Waals surface area contributed by atoms with Crippen molar-refractivity contribution in [2.24, 2.45) is 0 Å². The molecule has 0 saturated carbocycles. The minimum atomic E-state index is -1.10. The topological polar surface area (TPSA) is 84.0 Å². The zero-order valence-corrected chi connectivity index (χ0v) is 16.5. The van der Waals surface area contributed by atoms with Crippen molar-refractivity contribution in [3.05, 3.63) is 71.3 Å². The predicted molar refractivity (Wildman–Crippen MR) is 108 cm³/mol. The Kier molecular flexibility index (Phi) is 5.61. The van der Waals surface area contributed by atoms with Gasteiger partial charge in [-0.3, -0.25) is 24.1 Å². The highest BCUT2D eigenvalue weighted by molar-refractivity contribution is 6.22. The van der Waals surface area contributed by atoms with Crippen molar-refractivity contribution in [2.75, 3.05) is 19.6 Å². The van der Waals surface area contributed by atoms with Gasteiger partial charge in [0.1, 0.15) is 6.54 Å². The fourth-order valence-corrected chi connectivity index (χ4v) is 3.85. The van der Waals surface area contributed by atoms with Crippen LogP contribution in [-0.2, 0) is 14.3 Å². The third-order valence-electron chi connectivity index (χ3n) is 5.41. The number of hydrogen-bond donors (Lipinski definition) is 0. The molecule has 0 aromatic heterocycles. The summed E-state index contributed by atoms with van der Waals surface area (Å²) in [6.07, 6.45) is 1.79. The molecule has 7 heteroatoms. The fourth-order valence-electron chi connectivity index (χ4n) is 3.85. The standard InChI is InChI=1S/C23H22N2O5/c26-19(15-25-21(27)17-11-5-6-12-18(17)22(25)28)30-20(16-9-3-1-4-10-16)23(29)24-13-7-2-8-14-24/h1,3-6,9-12,20H,2,7-8,13-15H2/t20-/m1/s1. The number of fused-ring (bicyclic) bond motifs is 1. The first-order valence-electron chi connectivity index (χ1n) is 10.0. The Morgan fingerprint density at radius 3 is 2.00 bits per heavy atom. The number of amides is 3. The minimum absolute atomic E-state index is 0.263. The van der Waals surface area contributed by atoms with Gasteiger partial charge in [0.05, 0.1) is 11.1 Å². The minimum Gasteiger partial charge on any atom is -0.446 e. The van der Waals surface area contributed by atoms with Gasteiger partial charge in [-0.25, -0.2) is 0 Å². The number of hydrogen-bond acceptors (Lipinski definition) is 5. The number of imide groups is 1. The van der Waals surface area contributed by atoms with E-state index in [1.54, 1.807) is 53.4 Å². The first-order valence-corrected chi connectivity index (χ1v) is 10.0. The van der Waals surface area contributed by atoms with Crippen molar-refractivity contribution in [1.82, 2.24) is 9.80 Å². The molecule has 0 unspecified atom stereocenters. The Bertz CT molecular complexity index is 947. The second kappa shape index (κ2) is 8.49. The zero-order valence-electron chi connectivity index (χ0n) is 16.5. The van der Waals surface area contributed by atoms with Gasteiger partial charge in [0.2, 0.25) is 6.10 Å². The van der Waals surface area contributed by atoms with Gasteiger partial charge in [0.25, 0.3) is 17.7 Å². The molecule has 1 atom stereocenters. The fraction of sp³-hybridized carbons (Fsp3) is 0.304. The van der Waals surface area contributed by atoms with Gasteiger partial charge >= 0.3 is 5.97 Å². The number of carbonyl (C=O) groups is 4. The predicted octanol–water partition coefficient (Wildman–Crippen LogP) is 2.58. The van der Waals surface area contributed by atoms with E-state index >= 15 is 0 Å². The molecule has 0 N–H and O–H groups in total. The lowest BCUT2D eigenvalue weighted by atomic mass is 10.1. The summed E-state index contributed by atoms with van der Waals surface area (Å²) in [7, 11) is 0. The van der Waals surface area contributed by atoms with Gasteiger partial charge in [0.15, 0.2) is 0 Å². The van der Waals surface area contributed by atoms with Crippen molar-refractivity contribution in [3.8, 4) is 0 Å². The summed E-state index contributed by atoms with van der Waals surface area (Å²) in [5, 5.41) is 0. The number of carbonyl (C=O) groups excluding carboxylic acids is 4. The second-order valence-electron chi connectivity index (χ2n) is 7.41. The van der Waals surface area contributed by atoms with Gasteiger partial charge in [-0.15, -0.1) is 0 Å². The van der Waals surface area contributed by atoms with Crippen LogP contribution in [0, 0.1) is 0 Å². The van der Waals surface area contributed by atoms with Crippen molar-refractivity contribution < 1.29 is 23.9 Å². The molecule has 2 aliphatic rings. The van der Waals surface area contributed by atoms with Crippen LogP contribution in [-0.4, -0.2) is 53.1 Å². The van der Waals surface area contributed by atoms with E-state index < -0.39 is 30.4 Å². The van der Waals surface area contributed by atoms with Crippen LogP contribution in [0.1, 0.15) is 51.6 Å². The lowest BCUT2D eigenvalue weighted by molar-refractivity contribution is -0.161. The van der Waals surface area contributed by atoms with E-state index in [4.69, 9.17) is 4.74 Å². The molecular formula is C23H22N2O5. The van der Waals surface area contributed by atoms with Crippen molar-refractivity contribution in [3.63, 3.8) is 0 Å². The van der Waals surface area contributed by atoms with Crippen LogP contribution < -0.4 is 0 Å². The van der Waals surface area contributed by atoms with Crippen LogP contribution >= 0.6 is 0 Å². The smallest absolute Gasteiger partial charge is 0.327 e. The van der Waals surface area contributed by atoms with Crippen LogP contribution in [0.5, 0.6) is 0 Å². The third-order valence-corrected chi connectivity index (χ3v) is 5.41. The molecule has 2 aliphatic heterocycles. The summed E-state index contributed by atoms with van der Waals surface area (Å²) >= 11 is 0. The lowest BCUT2D eigenvalue weighted by Crippen LogP contribution is -2.42. The van der Waals surface area contributed by atoms with Gasteiger partial charge in [-0.2, -0.15) is 0 Å². The van der Waals surface area contributed by atoms with E-state index in [1.165, 1.54) is 0 Å². The molecule has 2 aromatic carbocycles. The summed E-state index contributed by atoms with van der Waals surface area (Å²) in [5.74, 6) is -2.15. The van der Waals surface area contributed by atoms with E-state index in [0.29, 0.717) is 18.7 Å². The van der Waals surface area contributed by atoms with Crippen molar-refractivity contribution in [2.45, 2.75) is 25.4 Å². The molecule has 0 bridgehead atoms. The number of nitrogens with zero attached hydrogens (tertiary/aromatic N) is 2. The number of ether oxygens (including phenoxy) is 1. The molecule has 0 radical (unpaired) electrons. The summed E-state index contributed by atoms with van der Waals surface area (Å²) in [5.41, 5.74) is 1.09. The molecule has 7 nitrogen and oxygen atoms in total. The molecule has 30 heavy (non-hydrogen) atoms. The Hall–Kier alpha value is -3.48. The molecule has 4 rings (SSSR count). The number of rotatable bonds is 5. The Balaban J connectivity index is 1.50. The van der Waals surface area contributed by atoms with Gasteiger partial charge in [0, 0.05) is 18.7 Å². The molecule has 3 amide bonds. The molecule has 1 saturated heterocycles. The average Bonchev–Trinajstić information content (AvgIpc) is 3.03.